The van der Waals surface area contributed by atoms with E-state index in [2.05, 4.69) is 5.43 Å². The van der Waals surface area contributed by atoms with Crippen molar-refractivity contribution in [3.05, 3.63) is 142 Å². The molecular formula is C42H35ClFN3O6. The molecule has 0 aromatic heterocycles. The van der Waals surface area contributed by atoms with Crippen LogP contribution in [0.3, 0.4) is 0 Å². The van der Waals surface area contributed by atoms with Crippen molar-refractivity contribution in [3.63, 3.8) is 0 Å². The SMILES string of the molecule is COc1cc(C=CC2C3=CCC4C(=O)N(Cc5ccccc5)C(=O)C4C3CC3C(=O)N(Nc4ccc(F)cc4)C(=O)C23c2ccc(Cl)cc2)ccc1O. The van der Waals surface area contributed by atoms with Crippen molar-refractivity contribution in [2.45, 2.75) is 24.8 Å². The summed E-state index contributed by atoms with van der Waals surface area (Å²) in [7, 11) is 1.45. The van der Waals surface area contributed by atoms with Crippen LogP contribution in [0.2, 0.25) is 5.02 Å². The number of phenolic OH excluding ortho intramolecular Hbond substituents is 1. The molecule has 2 N–H and O–H groups in total. The smallest absolute Gasteiger partial charge is 0.260 e. The summed E-state index contributed by atoms with van der Waals surface area (Å²) in [6.45, 7) is 0.143. The lowest BCUT2D eigenvalue weighted by molar-refractivity contribution is -0.142. The monoisotopic (exact) mass is 731 g/mol. The maximum absolute atomic E-state index is 15.2. The van der Waals surface area contributed by atoms with Crippen molar-refractivity contribution in [2.24, 2.45) is 29.6 Å². The molecule has 4 aromatic carbocycles. The predicted octanol–water partition coefficient (Wildman–Crippen LogP) is 6.92. The Morgan fingerprint density at radius 1 is 0.925 bits per heavy atom. The van der Waals surface area contributed by atoms with Crippen molar-refractivity contribution >= 4 is 47.0 Å². The van der Waals surface area contributed by atoms with Gasteiger partial charge in [-0.3, -0.25) is 29.5 Å². The fourth-order valence-electron chi connectivity index (χ4n) is 8.89. The molecule has 268 valence electrons. The third-order valence-electron chi connectivity index (χ3n) is 11.3. The highest BCUT2D eigenvalue weighted by atomic mass is 35.5. The van der Waals surface area contributed by atoms with Crippen LogP contribution in [0.25, 0.3) is 6.08 Å². The fourth-order valence-corrected chi connectivity index (χ4v) is 9.02. The molecule has 8 rings (SSSR count). The summed E-state index contributed by atoms with van der Waals surface area (Å²) in [5.74, 6) is -5.36. The van der Waals surface area contributed by atoms with Crippen LogP contribution < -0.4 is 10.2 Å². The van der Waals surface area contributed by atoms with Gasteiger partial charge in [-0.05, 0) is 84.0 Å². The molecule has 0 radical (unpaired) electrons. The minimum absolute atomic E-state index is 0.0374. The molecule has 11 heteroatoms. The average molecular weight is 732 g/mol. The van der Waals surface area contributed by atoms with Gasteiger partial charge in [-0.2, -0.15) is 5.01 Å². The molecule has 6 atom stereocenters. The molecule has 2 aliphatic carbocycles. The number of imide groups is 2. The maximum atomic E-state index is 15.2. The van der Waals surface area contributed by atoms with Crippen molar-refractivity contribution in [1.82, 2.24) is 9.91 Å². The number of rotatable bonds is 8. The van der Waals surface area contributed by atoms with Gasteiger partial charge in [0.1, 0.15) is 5.82 Å². The molecule has 2 saturated heterocycles. The van der Waals surface area contributed by atoms with Crippen LogP contribution in [0.1, 0.15) is 29.5 Å². The van der Waals surface area contributed by atoms with E-state index in [1.807, 2.05) is 48.6 Å². The first-order valence-corrected chi connectivity index (χ1v) is 17.8. The topological polar surface area (TPSA) is 116 Å². The number of halogens is 2. The van der Waals surface area contributed by atoms with Gasteiger partial charge < -0.3 is 9.84 Å². The Kier molecular flexibility index (Phi) is 8.65. The largest absolute Gasteiger partial charge is 0.504 e. The Labute approximate surface area is 310 Å². The Balaban J connectivity index is 1.28. The Morgan fingerprint density at radius 2 is 1.66 bits per heavy atom. The van der Waals surface area contributed by atoms with E-state index in [0.29, 0.717) is 28.3 Å². The lowest BCUT2D eigenvalue weighted by Gasteiger charge is -2.49. The molecule has 2 heterocycles. The number of carbonyl (C=O) groups excluding carboxylic acids is 4. The van der Waals surface area contributed by atoms with Gasteiger partial charge in [-0.1, -0.05) is 83.9 Å². The molecule has 9 nitrogen and oxygen atoms in total. The van der Waals surface area contributed by atoms with E-state index in [9.17, 15) is 23.9 Å². The van der Waals surface area contributed by atoms with E-state index >= 15 is 4.79 Å². The summed E-state index contributed by atoms with van der Waals surface area (Å²) in [5, 5.41) is 11.7. The van der Waals surface area contributed by atoms with Gasteiger partial charge in [0.2, 0.25) is 11.8 Å². The van der Waals surface area contributed by atoms with E-state index in [1.54, 1.807) is 36.4 Å². The summed E-state index contributed by atoms with van der Waals surface area (Å²) in [4.78, 5) is 59.5. The summed E-state index contributed by atoms with van der Waals surface area (Å²) >= 11 is 6.36. The number of amides is 4. The number of likely N-dealkylation sites (tertiary alicyclic amines) is 1. The van der Waals surface area contributed by atoms with Crippen molar-refractivity contribution in [2.75, 3.05) is 12.5 Å². The predicted molar refractivity (Wildman–Crippen MR) is 195 cm³/mol. The molecule has 0 spiro atoms. The molecule has 6 unspecified atom stereocenters. The number of methoxy groups -OCH3 is 1. The Hall–Kier alpha value is -5.74. The second kappa shape index (κ2) is 13.3. The number of allylic oxidation sites excluding steroid dienone is 3. The van der Waals surface area contributed by atoms with Gasteiger partial charge in [0.25, 0.3) is 11.8 Å². The van der Waals surface area contributed by atoms with Gasteiger partial charge >= 0.3 is 0 Å². The van der Waals surface area contributed by atoms with Gasteiger partial charge in [0, 0.05) is 10.9 Å². The normalized spacial score (nSPS) is 26.4. The number of hydrogen-bond donors (Lipinski definition) is 2. The number of hydrazine groups is 1. The van der Waals surface area contributed by atoms with Crippen LogP contribution in [-0.4, -0.2) is 45.8 Å². The zero-order valence-corrected chi connectivity index (χ0v) is 29.4. The summed E-state index contributed by atoms with van der Waals surface area (Å²) < 4.78 is 19.2. The summed E-state index contributed by atoms with van der Waals surface area (Å²) in [6, 6.07) is 26.4. The van der Waals surface area contributed by atoms with Crippen LogP contribution in [0, 0.1) is 35.4 Å². The lowest BCUT2D eigenvalue weighted by Crippen LogP contribution is -2.54. The van der Waals surface area contributed by atoms with Crippen LogP contribution in [0.15, 0.2) is 115 Å². The second-order valence-corrected chi connectivity index (χ2v) is 14.4. The number of nitrogens with zero attached hydrogens (tertiary/aromatic N) is 2. The lowest BCUT2D eigenvalue weighted by atomic mass is 9.50. The van der Waals surface area contributed by atoms with E-state index in [1.165, 1.54) is 42.3 Å². The molecule has 1 saturated carbocycles. The highest BCUT2D eigenvalue weighted by molar-refractivity contribution is 6.30. The highest BCUT2D eigenvalue weighted by Gasteiger charge is 2.69. The first kappa shape index (κ1) is 34.4. The Bertz CT molecular complexity index is 2190. The number of phenols is 1. The zero-order valence-electron chi connectivity index (χ0n) is 28.6. The second-order valence-electron chi connectivity index (χ2n) is 14.0. The zero-order chi connectivity index (χ0) is 37.0. The average Bonchev–Trinajstić information content (AvgIpc) is 3.53. The molecule has 3 fully saturated rings. The van der Waals surface area contributed by atoms with Crippen LogP contribution >= 0.6 is 11.6 Å². The van der Waals surface area contributed by atoms with Crippen LogP contribution in [-0.2, 0) is 31.1 Å². The number of fused-ring (bicyclic) bond motifs is 4. The van der Waals surface area contributed by atoms with Crippen molar-refractivity contribution in [1.29, 1.82) is 0 Å². The van der Waals surface area contributed by atoms with Crippen molar-refractivity contribution in [3.8, 4) is 11.5 Å². The van der Waals surface area contributed by atoms with Crippen molar-refractivity contribution < 1.29 is 33.4 Å². The van der Waals surface area contributed by atoms with Gasteiger partial charge in [0.05, 0.1) is 42.5 Å². The van der Waals surface area contributed by atoms with E-state index in [0.717, 1.165) is 16.1 Å². The fraction of sp³-hybridized carbons (Fsp3) is 0.238. The van der Waals surface area contributed by atoms with Gasteiger partial charge in [-0.25, -0.2) is 4.39 Å². The maximum Gasteiger partial charge on any atom is 0.260 e. The van der Waals surface area contributed by atoms with Gasteiger partial charge in [0.15, 0.2) is 11.5 Å². The number of carbonyl (C=O) groups is 4. The third-order valence-corrected chi connectivity index (χ3v) is 11.5. The minimum Gasteiger partial charge on any atom is -0.504 e. The summed E-state index contributed by atoms with van der Waals surface area (Å²) in [5.41, 5.74) is 4.65. The van der Waals surface area contributed by atoms with E-state index in [-0.39, 0.29) is 36.3 Å². The first-order chi connectivity index (χ1) is 25.6. The van der Waals surface area contributed by atoms with Crippen LogP contribution in [0.4, 0.5) is 10.1 Å². The number of ether oxygens (including phenoxy) is 1. The number of hydrogen-bond acceptors (Lipinski definition) is 7. The minimum atomic E-state index is -1.49. The summed E-state index contributed by atoms with van der Waals surface area (Å²) in [6.07, 6.45) is 6.11. The highest BCUT2D eigenvalue weighted by Crippen LogP contribution is 2.61. The van der Waals surface area contributed by atoms with Gasteiger partial charge in [-0.15, -0.1) is 0 Å². The van der Waals surface area contributed by atoms with E-state index in [4.69, 9.17) is 16.3 Å². The molecule has 2 aliphatic heterocycles. The quantitative estimate of drug-likeness (QED) is 0.149. The molecular weight excluding hydrogens is 697 g/mol. The van der Waals surface area contributed by atoms with Crippen LogP contribution in [0.5, 0.6) is 11.5 Å². The molecule has 0 bridgehead atoms. The number of nitrogens with one attached hydrogen (secondary N) is 1. The first-order valence-electron chi connectivity index (χ1n) is 17.4. The molecule has 4 aromatic rings. The number of aromatic hydroxyl groups is 1. The third kappa shape index (κ3) is 5.60. The molecule has 4 aliphatic rings. The Morgan fingerprint density at radius 3 is 2.38 bits per heavy atom. The number of benzene rings is 4. The number of anilines is 1. The molecule has 53 heavy (non-hydrogen) atoms. The van der Waals surface area contributed by atoms with E-state index < -0.39 is 52.6 Å². The molecule has 4 amide bonds. The standard InChI is InChI=1S/C42H35ClFN3O6/c1-53-36-21-24(8-20-35(36)48)7-19-33-30-17-18-31-37(40(51)46(38(31)49)23-25-5-3-2-4-6-25)32(30)22-34-39(50)47(45-29-15-13-28(44)14-16-29)41(52)42(33,34)26-9-11-27(43)12-10-26/h2-17,19-21,31-34,37,45,48H,18,22-23H2,1H3.